The summed E-state index contributed by atoms with van der Waals surface area (Å²) in [6.07, 6.45) is 0. The van der Waals surface area contributed by atoms with E-state index in [1.165, 1.54) is 0 Å². The number of nitrogens with zero attached hydrogens (tertiary/aromatic N) is 1. The smallest absolute Gasteiger partial charge is 0.255 e. The van der Waals surface area contributed by atoms with Gasteiger partial charge in [0.1, 0.15) is 17.3 Å². The molecule has 2 aromatic carbocycles. The van der Waals surface area contributed by atoms with Gasteiger partial charge in [-0.05, 0) is 61.0 Å². The van der Waals surface area contributed by atoms with Gasteiger partial charge in [-0.2, -0.15) is 0 Å². The van der Waals surface area contributed by atoms with Crippen LogP contribution in [0.5, 0.6) is 11.5 Å². The standard InChI is InChI=1S/C20H18ClN3O2/c1-13-2-11-18(19(22)24-13)20(25)23-12-14-3-7-16(8-4-14)26-17-9-5-15(21)6-10-17/h2-11H,12H2,1H3,(H2,22,24)(H,23,25). The monoisotopic (exact) mass is 367 g/mol. The van der Waals surface area contributed by atoms with Gasteiger partial charge in [0.15, 0.2) is 0 Å². The summed E-state index contributed by atoms with van der Waals surface area (Å²) in [4.78, 5) is 16.3. The van der Waals surface area contributed by atoms with Crippen molar-refractivity contribution in [3.8, 4) is 11.5 Å². The first-order valence-corrected chi connectivity index (χ1v) is 8.43. The van der Waals surface area contributed by atoms with Crippen LogP contribution in [0.25, 0.3) is 0 Å². The first kappa shape index (κ1) is 17.8. The number of aryl methyl sites for hydroxylation is 1. The normalized spacial score (nSPS) is 10.4. The summed E-state index contributed by atoms with van der Waals surface area (Å²) >= 11 is 5.86. The Hall–Kier alpha value is -3.05. The molecule has 26 heavy (non-hydrogen) atoms. The predicted octanol–water partition coefficient (Wildman–Crippen LogP) is 4.35. The van der Waals surface area contributed by atoms with E-state index < -0.39 is 0 Å². The number of aromatic nitrogens is 1. The molecule has 0 fully saturated rings. The van der Waals surface area contributed by atoms with Gasteiger partial charge in [0, 0.05) is 17.3 Å². The molecular weight excluding hydrogens is 350 g/mol. The second kappa shape index (κ2) is 7.89. The Morgan fingerprint density at radius 1 is 1.04 bits per heavy atom. The van der Waals surface area contributed by atoms with E-state index in [2.05, 4.69) is 10.3 Å². The molecule has 0 saturated carbocycles. The van der Waals surface area contributed by atoms with Gasteiger partial charge in [-0.1, -0.05) is 23.7 Å². The number of hydrogen-bond acceptors (Lipinski definition) is 4. The predicted molar refractivity (Wildman–Crippen MR) is 103 cm³/mol. The van der Waals surface area contributed by atoms with Gasteiger partial charge in [0.2, 0.25) is 0 Å². The third-order valence-electron chi connectivity index (χ3n) is 3.73. The lowest BCUT2D eigenvalue weighted by atomic mass is 10.2. The van der Waals surface area contributed by atoms with Crippen LogP contribution in [0.1, 0.15) is 21.6 Å². The van der Waals surface area contributed by atoms with Crippen molar-refractivity contribution in [2.45, 2.75) is 13.5 Å². The van der Waals surface area contributed by atoms with Crippen molar-refractivity contribution < 1.29 is 9.53 Å². The topological polar surface area (TPSA) is 77.2 Å². The number of nitrogens with one attached hydrogen (secondary N) is 1. The number of anilines is 1. The Morgan fingerprint density at radius 2 is 1.65 bits per heavy atom. The number of benzene rings is 2. The van der Waals surface area contributed by atoms with E-state index in [0.29, 0.717) is 28.6 Å². The van der Waals surface area contributed by atoms with Crippen molar-refractivity contribution in [1.29, 1.82) is 0 Å². The summed E-state index contributed by atoms with van der Waals surface area (Å²) in [5.74, 6) is 1.39. The number of halogens is 1. The highest BCUT2D eigenvalue weighted by molar-refractivity contribution is 6.30. The van der Waals surface area contributed by atoms with E-state index in [1.54, 1.807) is 36.4 Å². The van der Waals surface area contributed by atoms with Crippen LogP contribution in [-0.2, 0) is 6.54 Å². The second-order valence-electron chi connectivity index (χ2n) is 5.77. The fourth-order valence-corrected chi connectivity index (χ4v) is 2.49. The Morgan fingerprint density at radius 3 is 2.27 bits per heavy atom. The molecule has 0 atom stereocenters. The van der Waals surface area contributed by atoms with Gasteiger partial charge in [-0.25, -0.2) is 4.98 Å². The van der Waals surface area contributed by atoms with Crippen molar-refractivity contribution in [2.24, 2.45) is 0 Å². The lowest BCUT2D eigenvalue weighted by Gasteiger charge is -2.09. The van der Waals surface area contributed by atoms with Crippen LogP contribution in [-0.4, -0.2) is 10.9 Å². The van der Waals surface area contributed by atoms with E-state index >= 15 is 0 Å². The van der Waals surface area contributed by atoms with Crippen molar-refractivity contribution in [1.82, 2.24) is 10.3 Å². The van der Waals surface area contributed by atoms with Crippen LogP contribution in [0.2, 0.25) is 5.02 Å². The highest BCUT2D eigenvalue weighted by Gasteiger charge is 2.10. The minimum atomic E-state index is -0.253. The number of rotatable bonds is 5. The molecule has 3 rings (SSSR count). The van der Waals surface area contributed by atoms with Crippen molar-refractivity contribution in [2.75, 3.05) is 5.73 Å². The van der Waals surface area contributed by atoms with Crippen LogP contribution < -0.4 is 15.8 Å². The van der Waals surface area contributed by atoms with Crippen LogP contribution in [0.15, 0.2) is 60.7 Å². The Bertz CT molecular complexity index is 909. The van der Waals surface area contributed by atoms with Gasteiger partial charge < -0.3 is 15.8 Å². The zero-order valence-electron chi connectivity index (χ0n) is 14.2. The molecule has 6 heteroatoms. The van der Waals surface area contributed by atoms with Gasteiger partial charge in [-0.15, -0.1) is 0 Å². The van der Waals surface area contributed by atoms with Crippen LogP contribution >= 0.6 is 11.6 Å². The first-order valence-electron chi connectivity index (χ1n) is 8.05. The van der Waals surface area contributed by atoms with Gasteiger partial charge in [0.25, 0.3) is 5.91 Å². The van der Waals surface area contributed by atoms with Crippen molar-refractivity contribution >= 4 is 23.3 Å². The van der Waals surface area contributed by atoms with E-state index in [0.717, 1.165) is 11.3 Å². The summed E-state index contributed by atoms with van der Waals surface area (Å²) in [5, 5.41) is 3.50. The number of nitrogen functional groups attached to an aromatic ring is 1. The minimum absolute atomic E-state index is 0.231. The molecule has 0 bridgehead atoms. The lowest BCUT2D eigenvalue weighted by Crippen LogP contribution is -2.24. The molecule has 0 radical (unpaired) electrons. The minimum Gasteiger partial charge on any atom is -0.457 e. The summed E-state index contributed by atoms with van der Waals surface area (Å²) in [6, 6.07) is 18.1. The molecule has 0 aliphatic carbocycles. The molecule has 0 aliphatic heterocycles. The molecule has 0 unspecified atom stereocenters. The third-order valence-corrected chi connectivity index (χ3v) is 3.99. The largest absolute Gasteiger partial charge is 0.457 e. The fraction of sp³-hybridized carbons (Fsp3) is 0.100. The number of carbonyl (C=O) groups is 1. The molecule has 1 aromatic heterocycles. The zero-order valence-corrected chi connectivity index (χ0v) is 15.0. The molecule has 0 saturated heterocycles. The average molecular weight is 368 g/mol. The SMILES string of the molecule is Cc1ccc(C(=O)NCc2ccc(Oc3ccc(Cl)cc3)cc2)c(N)n1. The zero-order chi connectivity index (χ0) is 18.5. The molecular formula is C20H18ClN3O2. The van der Waals surface area contributed by atoms with E-state index in [1.807, 2.05) is 31.2 Å². The van der Waals surface area contributed by atoms with Gasteiger partial charge >= 0.3 is 0 Å². The maximum absolute atomic E-state index is 12.2. The molecule has 0 spiro atoms. The number of hydrogen-bond donors (Lipinski definition) is 2. The molecule has 1 amide bonds. The first-order chi connectivity index (χ1) is 12.5. The van der Waals surface area contributed by atoms with E-state index in [4.69, 9.17) is 22.1 Å². The lowest BCUT2D eigenvalue weighted by molar-refractivity contribution is 0.0951. The average Bonchev–Trinajstić information content (AvgIpc) is 2.63. The second-order valence-corrected chi connectivity index (χ2v) is 6.20. The summed E-state index contributed by atoms with van der Waals surface area (Å²) in [6.45, 7) is 2.21. The number of nitrogens with two attached hydrogens (primary N) is 1. The quantitative estimate of drug-likeness (QED) is 0.702. The van der Waals surface area contributed by atoms with Crippen molar-refractivity contribution in [3.05, 3.63) is 82.5 Å². The highest BCUT2D eigenvalue weighted by Crippen LogP contribution is 2.23. The van der Waals surface area contributed by atoms with Crippen LogP contribution in [0.4, 0.5) is 5.82 Å². The number of ether oxygens (including phenoxy) is 1. The number of carbonyl (C=O) groups excluding carboxylic acids is 1. The van der Waals surface area contributed by atoms with Gasteiger partial charge in [-0.3, -0.25) is 4.79 Å². The molecule has 132 valence electrons. The Kier molecular flexibility index (Phi) is 5.39. The van der Waals surface area contributed by atoms with Crippen molar-refractivity contribution in [3.63, 3.8) is 0 Å². The summed E-state index contributed by atoms with van der Waals surface area (Å²) < 4.78 is 5.74. The summed E-state index contributed by atoms with van der Waals surface area (Å²) in [7, 11) is 0. The van der Waals surface area contributed by atoms with Crippen LogP contribution in [0.3, 0.4) is 0 Å². The molecule has 0 aliphatic rings. The van der Waals surface area contributed by atoms with E-state index in [-0.39, 0.29) is 11.7 Å². The fourth-order valence-electron chi connectivity index (χ4n) is 2.36. The molecule has 5 nitrogen and oxygen atoms in total. The highest BCUT2D eigenvalue weighted by atomic mass is 35.5. The molecule has 3 aromatic rings. The maximum Gasteiger partial charge on any atom is 0.255 e. The molecule has 1 heterocycles. The molecule has 3 N–H and O–H groups in total. The maximum atomic E-state index is 12.2. The Balaban J connectivity index is 1.58. The Labute approximate surface area is 156 Å². The number of amides is 1. The summed E-state index contributed by atoms with van der Waals surface area (Å²) in [5.41, 5.74) is 7.89. The van der Waals surface area contributed by atoms with Crippen LogP contribution in [0, 0.1) is 6.92 Å². The number of pyridine rings is 1. The third kappa shape index (κ3) is 4.52. The van der Waals surface area contributed by atoms with E-state index in [9.17, 15) is 4.79 Å². The van der Waals surface area contributed by atoms with Gasteiger partial charge in [0.05, 0.1) is 5.56 Å².